The first kappa shape index (κ1) is 27.6. The Kier molecular flexibility index (Phi) is 7.36. The molecule has 1 aromatic heterocycles. The number of nitrogens with one attached hydrogen (secondary N) is 1. The Hall–Kier alpha value is -4.93. The molecule has 3 aromatic carbocycles. The van der Waals surface area contributed by atoms with Gasteiger partial charge in [0.15, 0.2) is 11.6 Å². The molecule has 1 unspecified atom stereocenters. The van der Waals surface area contributed by atoms with Crippen LogP contribution in [0.2, 0.25) is 0 Å². The number of amides is 1. The number of fused-ring (bicyclic) bond motifs is 1. The number of hydrogen-bond donors (Lipinski definition) is 1. The summed E-state index contributed by atoms with van der Waals surface area (Å²) in [4.78, 5) is 30.7. The number of alkyl halides is 3. The quantitative estimate of drug-likeness (QED) is 0.227. The Morgan fingerprint density at radius 2 is 1.78 bits per heavy atom. The van der Waals surface area contributed by atoms with Crippen LogP contribution in [0.15, 0.2) is 85.1 Å². The fourth-order valence-corrected chi connectivity index (χ4v) is 4.80. The van der Waals surface area contributed by atoms with Crippen molar-refractivity contribution in [3.8, 4) is 22.6 Å². The van der Waals surface area contributed by atoms with Crippen molar-refractivity contribution in [1.29, 1.82) is 0 Å². The normalized spacial score (nSPS) is 16.2. The first-order valence-electron chi connectivity index (χ1n) is 12.4. The zero-order valence-corrected chi connectivity index (χ0v) is 21.5. The second-order valence-corrected chi connectivity index (χ2v) is 9.12. The van der Waals surface area contributed by atoms with Gasteiger partial charge in [0.1, 0.15) is 17.0 Å². The van der Waals surface area contributed by atoms with Crippen LogP contribution >= 0.6 is 0 Å². The SMILES string of the molecule is COC(=O)c1ccc(C(=O)NC2(c3ccc(OC(F)(F)F)c(F)c3)CCOc3cccnc32)cc1-c1ccccc1. The first-order valence-corrected chi connectivity index (χ1v) is 12.4. The van der Waals surface area contributed by atoms with Crippen LogP contribution in [-0.4, -0.2) is 36.9 Å². The predicted molar refractivity (Wildman–Crippen MR) is 139 cm³/mol. The van der Waals surface area contributed by atoms with Gasteiger partial charge in [0, 0.05) is 18.2 Å². The Morgan fingerprint density at radius 3 is 2.49 bits per heavy atom. The van der Waals surface area contributed by atoms with Crippen molar-refractivity contribution < 1.29 is 41.4 Å². The molecule has 11 heteroatoms. The number of aromatic nitrogens is 1. The molecule has 1 aliphatic rings. The molecule has 0 saturated carbocycles. The number of halogens is 4. The Labute approximate surface area is 231 Å². The smallest absolute Gasteiger partial charge is 0.491 e. The Morgan fingerprint density at radius 1 is 1.00 bits per heavy atom. The van der Waals surface area contributed by atoms with Crippen LogP contribution in [0.1, 0.15) is 38.4 Å². The van der Waals surface area contributed by atoms with Crippen LogP contribution < -0.4 is 14.8 Å². The third-order valence-electron chi connectivity index (χ3n) is 6.66. The molecule has 0 spiro atoms. The molecule has 41 heavy (non-hydrogen) atoms. The number of carbonyl (C=O) groups excluding carboxylic acids is 2. The van der Waals surface area contributed by atoms with Crippen molar-refractivity contribution in [2.24, 2.45) is 0 Å². The average molecular weight is 567 g/mol. The minimum atomic E-state index is -5.09. The van der Waals surface area contributed by atoms with Crippen molar-refractivity contribution >= 4 is 11.9 Å². The maximum Gasteiger partial charge on any atom is 0.573 e. The molecule has 1 amide bonds. The van der Waals surface area contributed by atoms with Gasteiger partial charge >= 0.3 is 12.3 Å². The van der Waals surface area contributed by atoms with E-state index in [1.54, 1.807) is 42.5 Å². The highest BCUT2D eigenvalue weighted by Gasteiger charge is 2.43. The van der Waals surface area contributed by atoms with E-state index in [4.69, 9.17) is 9.47 Å². The monoisotopic (exact) mass is 566 g/mol. The number of methoxy groups -OCH3 is 1. The number of ether oxygens (including phenoxy) is 3. The first-order chi connectivity index (χ1) is 19.6. The molecule has 210 valence electrons. The van der Waals surface area contributed by atoms with Gasteiger partial charge in [-0.1, -0.05) is 36.4 Å². The number of nitrogens with zero attached hydrogens (tertiary/aromatic N) is 1. The summed E-state index contributed by atoms with van der Waals surface area (Å²) in [5.41, 5.74) is 0.426. The van der Waals surface area contributed by atoms with E-state index in [2.05, 4.69) is 15.0 Å². The lowest BCUT2D eigenvalue weighted by Crippen LogP contribution is -2.50. The van der Waals surface area contributed by atoms with Crippen LogP contribution in [0.25, 0.3) is 11.1 Å². The molecular formula is C30H22F4N2O5. The third-order valence-corrected chi connectivity index (χ3v) is 6.66. The highest BCUT2D eigenvalue weighted by molar-refractivity contribution is 6.02. The largest absolute Gasteiger partial charge is 0.573 e. The molecule has 1 aliphatic heterocycles. The molecule has 5 rings (SSSR count). The third kappa shape index (κ3) is 5.56. The summed E-state index contributed by atoms with van der Waals surface area (Å²) in [6.45, 7) is 0.0952. The van der Waals surface area contributed by atoms with Gasteiger partial charge in [0.05, 0.1) is 19.3 Å². The van der Waals surface area contributed by atoms with Gasteiger partial charge in [-0.05, 0) is 59.2 Å². The topological polar surface area (TPSA) is 86.8 Å². The van der Waals surface area contributed by atoms with E-state index >= 15 is 0 Å². The highest BCUT2D eigenvalue weighted by atomic mass is 19.4. The molecular weight excluding hydrogens is 544 g/mol. The van der Waals surface area contributed by atoms with Crippen molar-refractivity contribution in [3.63, 3.8) is 0 Å². The van der Waals surface area contributed by atoms with E-state index in [1.807, 2.05) is 0 Å². The van der Waals surface area contributed by atoms with Gasteiger partial charge in [-0.2, -0.15) is 0 Å². The molecule has 7 nitrogen and oxygen atoms in total. The number of hydrogen-bond acceptors (Lipinski definition) is 6. The Bertz CT molecular complexity index is 1610. The molecule has 0 aliphatic carbocycles. The van der Waals surface area contributed by atoms with Gasteiger partial charge in [0.2, 0.25) is 0 Å². The van der Waals surface area contributed by atoms with E-state index in [1.165, 1.54) is 37.6 Å². The fraction of sp³-hybridized carbons (Fsp3) is 0.167. The van der Waals surface area contributed by atoms with Crippen LogP contribution in [0.5, 0.6) is 11.5 Å². The number of rotatable bonds is 6. The van der Waals surface area contributed by atoms with Gasteiger partial charge < -0.3 is 19.5 Å². The van der Waals surface area contributed by atoms with E-state index < -0.39 is 35.3 Å². The summed E-state index contributed by atoms with van der Waals surface area (Å²) in [6.07, 6.45) is -3.54. The molecule has 0 bridgehead atoms. The standard InChI is InChI=1S/C30H22F4N2O5/c1-39-28(38)21-11-9-19(16-22(21)18-6-3-2-4-7-18)27(37)36-29(13-15-40-25-8-5-14-35-26(25)29)20-10-12-24(23(31)17-20)41-30(32,33)34/h2-12,14,16-17H,13,15H2,1H3,(H,36,37). The summed E-state index contributed by atoms with van der Waals surface area (Å²) < 4.78 is 67.6. The zero-order valence-electron chi connectivity index (χ0n) is 21.5. The van der Waals surface area contributed by atoms with E-state index in [0.29, 0.717) is 16.9 Å². The van der Waals surface area contributed by atoms with Crippen molar-refractivity contribution in [2.75, 3.05) is 13.7 Å². The molecule has 1 N–H and O–H groups in total. The number of carbonyl (C=O) groups is 2. The number of pyridine rings is 1. The van der Waals surface area contributed by atoms with Crippen LogP contribution in [0, 0.1) is 5.82 Å². The molecule has 2 heterocycles. The van der Waals surface area contributed by atoms with E-state index in [0.717, 1.165) is 12.1 Å². The highest BCUT2D eigenvalue weighted by Crippen LogP contribution is 2.42. The maximum atomic E-state index is 14.9. The average Bonchev–Trinajstić information content (AvgIpc) is 2.97. The molecule has 0 saturated heterocycles. The van der Waals surface area contributed by atoms with Gasteiger partial charge in [-0.3, -0.25) is 9.78 Å². The number of esters is 1. The maximum absolute atomic E-state index is 14.9. The molecule has 4 aromatic rings. The van der Waals surface area contributed by atoms with E-state index in [-0.39, 0.29) is 35.4 Å². The van der Waals surface area contributed by atoms with E-state index in [9.17, 15) is 27.2 Å². The lowest BCUT2D eigenvalue weighted by Gasteiger charge is -2.39. The lowest BCUT2D eigenvalue weighted by molar-refractivity contribution is -0.275. The Balaban J connectivity index is 1.60. The summed E-state index contributed by atoms with van der Waals surface area (Å²) in [5, 5.41) is 2.93. The molecule has 0 radical (unpaired) electrons. The van der Waals surface area contributed by atoms with Gasteiger partial charge in [0.25, 0.3) is 5.91 Å². The number of benzene rings is 3. The predicted octanol–water partition coefficient (Wildman–Crippen LogP) is 6.03. The minimum absolute atomic E-state index is 0.0907. The lowest BCUT2D eigenvalue weighted by atomic mass is 9.81. The zero-order chi connectivity index (χ0) is 29.2. The van der Waals surface area contributed by atoms with Crippen molar-refractivity contribution in [2.45, 2.75) is 18.3 Å². The van der Waals surface area contributed by atoms with Gasteiger partial charge in [-0.25, -0.2) is 9.18 Å². The fourth-order valence-electron chi connectivity index (χ4n) is 4.80. The molecule has 0 fully saturated rings. The van der Waals surface area contributed by atoms with Crippen molar-refractivity contribution in [1.82, 2.24) is 10.3 Å². The molecule has 1 atom stereocenters. The van der Waals surface area contributed by atoms with Crippen LogP contribution in [0.4, 0.5) is 17.6 Å². The van der Waals surface area contributed by atoms with Crippen LogP contribution in [0.3, 0.4) is 0 Å². The summed E-state index contributed by atoms with van der Waals surface area (Å²) >= 11 is 0. The summed E-state index contributed by atoms with van der Waals surface area (Å²) in [5.74, 6) is -3.16. The minimum Gasteiger partial charge on any atom is -0.491 e. The van der Waals surface area contributed by atoms with Crippen LogP contribution in [-0.2, 0) is 10.3 Å². The van der Waals surface area contributed by atoms with Gasteiger partial charge in [-0.15, -0.1) is 13.2 Å². The second-order valence-electron chi connectivity index (χ2n) is 9.12. The second kappa shape index (κ2) is 10.9. The summed E-state index contributed by atoms with van der Waals surface area (Å²) in [7, 11) is 1.25. The summed E-state index contributed by atoms with van der Waals surface area (Å²) in [6, 6.07) is 19.6. The van der Waals surface area contributed by atoms with Crippen molar-refractivity contribution in [3.05, 3.63) is 113 Å².